The summed E-state index contributed by atoms with van der Waals surface area (Å²) in [4.78, 5) is 26.6. The highest BCUT2D eigenvalue weighted by Crippen LogP contribution is 2.28. The molecule has 0 aromatic heterocycles. The van der Waals surface area contributed by atoms with Crippen LogP contribution in [0.3, 0.4) is 0 Å². The molecule has 1 aliphatic rings. The summed E-state index contributed by atoms with van der Waals surface area (Å²) in [5, 5.41) is 11.7. The lowest BCUT2D eigenvalue weighted by Gasteiger charge is -2.01. The van der Waals surface area contributed by atoms with Crippen LogP contribution in [0, 0.1) is 10.1 Å². The van der Waals surface area contributed by atoms with Gasteiger partial charge in [0.05, 0.1) is 19.4 Å². The molecule has 1 heterocycles. The van der Waals surface area contributed by atoms with Crippen LogP contribution < -0.4 is 0 Å². The van der Waals surface area contributed by atoms with Crippen LogP contribution in [0.5, 0.6) is 0 Å². The van der Waals surface area contributed by atoms with E-state index >= 15 is 0 Å². The Kier molecular flexibility index (Phi) is 4.89. The molecule has 0 amide bonds. The molecule has 0 N–H and O–H groups in total. The van der Waals surface area contributed by atoms with E-state index in [1.54, 1.807) is 18.2 Å². The minimum atomic E-state index is -0.661. The molecule has 0 saturated heterocycles. The van der Waals surface area contributed by atoms with Gasteiger partial charge in [-0.1, -0.05) is 29.3 Å². The molecule has 0 spiro atoms. The maximum atomic E-state index is 12.0. The maximum absolute atomic E-state index is 12.0. The molecule has 0 unspecified atom stereocenters. The normalized spacial score (nSPS) is 15.2. The van der Waals surface area contributed by atoms with Crippen molar-refractivity contribution in [2.24, 2.45) is 4.99 Å². The average Bonchev–Trinajstić information content (AvgIpc) is 2.92. The predicted octanol–water partition coefficient (Wildman–Crippen LogP) is 5.01. The van der Waals surface area contributed by atoms with E-state index in [1.165, 1.54) is 24.3 Å². The van der Waals surface area contributed by atoms with E-state index < -0.39 is 10.9 Å². The molecule has 0 atom stereocenters. The number of rotatable bonds is 3. The van der Waals surface area contributed by atoms with E-state index in [2.05, 4.69) is 20.9 Å². The first-order valence-corrected chi connectivity index (χ1v) is 8.32. The van der Waals surface area contributed by atoms with E-state index in [0.29, 0.717) is 25.6 Å². The third-order valence-corrected chi connectivity index (χ3v) is 4.67. The topological polar surface area (TPSA) is 81.8 Å². The molecule has 126 valence electrons. The smallest absolute Gasteiger partial charge is 0.363 e. The van der Waals surface area contributed by atoms with E-state index in [9.17, 15) is 14.9 Å². The SMILES string of the molecule is O=C1OC(c2ccc(Cl)c(Cl)c2)=N/C1=C\c1ccc(Br)c([N+](=O)[O-])c1. The number of nitrogens with zero attached hydrogens (tertiary/aromatic N) is 2. The lowest BCUT2D eigenvalue weighted by Crippen LogP contribution is -2.05. The lowest BCUT2D eigenvalue weighted by molar-refractivity contribution is -0.385. The number of carbonyl (C=O) groups is 1. The number of nitro groups is 1. The van der Waals surface area contributed by atoms with Crippen LogP contribution in [0.25, 0.3) is 6.08 Å². The van der Waals surface area contributed by atoms with Gasteiger partial charge >= 0.3 is 5.97 Å². The van der Waals surface area contributed by atoms with Crippen molar-refractivity contribution in [3.05, 3.63) is 77.9 Å². The molecule has 3 rings (SSSR count). The fourth-order valence-corrected chi connectivity index (χ4v) is 2.77. The van der Waals surface area contributed by atoms with Crippen molar-refractivity contribution < 1.29 is 14.5 Å². The highest BCUT2D eigenvalue weighted by molar-refractivity contribution is 9.10. The molecule has 6 nitrogen and oxygen atoms in total. The fourth-order valence-electron chi connectivity index (χ4n) is 2.08. The van der Waals surface area contributed by atoms with Crippen LogP contribution in [-0.2, 0) is 9.53 Å². The Morgan fingerprint density at radius 3 is 2.60 bits per heavy atom. The fraction of sp³-hybridized carbons (Fsp3) is 0. The zero-order chi connectivity index (χ0) is 18.1. The van der Waals surface area contributed by atoms with Crippen molar-refractivity contribution in [1.29, 1.82) is 0 Å². The molecule has 0 fully saturated rings. The number of cyclic esters (lactones) is 1. The van der Waals surface area contributed by atoms with Gasteiger partial charge in [0.2, 0.25) is 5.90 Å². The molecule has 0 aliphatic carbocycles. The Morgan fingerprint density at radius 2 is 1.92 bits per heavy atom. The first kappa shape index (κ1) is 17.6. The first-order chi connectivity index (χ1) is 11.8. The summed E-state index contributed by atoms with van der Waals surface area (Å²) in [5.41, 5.74) is 0.848. The van der Waals surface area contributed by atoms with Crippen molar-refractivity contribution in [2.45, 2.75) is 0 Å². The monoisotopic (exact) mass is 440 g/mol. The molecular weight excluding hydrogens is 435 g/mol. The molecular formula is C16H7BrCl2N2O4. The summed E-state index contributed by atoms with van der Waals surface area (Å²) >= 11 is 14.9. The van der Waals surface area contributed by atoms with Crippen LogP contribution in [0.2, 0.25) is 10.0 Å². The second kappa shape index (κ2) is 6.95. The predicted molar refractivity (Wildman–Crippen MR) is 97.9 cm³/mol. The number of benzene rings is 2. The van der Waals surface area contributed by atoms with Gasteiger partial charge in [0, 0.05) is 11.6 Å². The number of aliphatic imine (C=N–C) groups is 1. The van der Waals surface area contributed by atoms with E-state index in [-0.39, 0.29) is 17.3 Å². The van der Waals surface area contributed by atoms with Gasteiger partial charge in [-0.15, -0.1) is 0 Å². The molecule has 0 saturated carbocycles. The summed E-state index contributed by atoms with van der Waals surface area (Å²) in [6.07, 6.45) is 1.41. The maximum Gasteiger partial charge on any atom is 0.363 e. The summed E-state index contributed by atoms with van der Waals surface area (Å²) in [6.45, 7) is 0. The zero-order valence-electron chi connectivity index (χ0n) is 12.2. The Morgan fingerprint density at radius 1 is 1.16 bits per heavy atom. The average molecular weight is 442 g/mol. The summed E-state index contributed by atoms with van der Waals surface area (Å²) in [6, 6.07) is 9.18. The lowest BCUT2D eigenvalue weighted by atomic mass is 10.1. The number of ether oxygens (including phenoxy) is 1. The molecule has 25 heavy (non-hydrogen) atoms. The van der Waals surface area contributed by atoms with Crippen molar-refractivity contribution in [2.75, 3.05) is 0 Å². The highest BCUT2D eigenvalue weighted by Gasteiger charge is 2.25. The van der Waals surface area contributed by atoms with Gasteiger partial charge in [0.1, 0.15) is 0 Å². The summed E-state index contributed by atoms with van der Waals surface area (Å²) < 4.78 is 5.47. The van der Waals surface area contributed by atoms with Crippen LogP contribution in [0.1, 0.15) is 11.1 Å². The van der Waals surface area contributed by atoms with Gasteiger partial charge in [-0.2, -0.15) is 0 Å². The number of esters is 1. The van der Waals surface area contributed by atoms with Crippen molar-refractivity contribution >= 4 is 62.8 Å². The minimum Gasteiger partial charge on any atom is -0.402 e. The largest absolute Gasteiger partial charge is 0.402 e. The van der Waals surface area contributed by atoms with Gasteiger partial charge in [0.15, 0.2) is 5.70 Å². The first-order valence-electron chi connectivity index (χ1n) is 6.77. The third kappa shape index (κ3) is 3.73. The molecule has 1 aliphatic heterocycles. The van der Waals surface area contributed by atoms with Crippen molar-refractivity contribution in [1.82, 2.24) is 0 Å². The number of hydrogen-bond acceptors (Lipinski definition) is 5. The van der Waals surface area contributed by atoms with E-state index in [4.69, 9.17) is 27.9 Å². The van der Waals surface area contributed by atoms with Crippen LogP contribution in [-0.4, -0.2) is 16.8 Å². The second-order valence-corrected chi connectivity index (χ2v) is 6.60. The third-order valence-electron chi connectivity index (χ3n) is 3.26. The van der Waals surface area contributed by atoms with Gasteiger partial charge in [-0.3, -0.25) is 10.1 Å². The Labute approximate surface area is 160 Å². The molecule has 2 aromatic rings. The Hall–Kier alpha value is -2.22. The summed E-state index contributed by atoms with van der Waals surface area (Å²) in [7, 11) is 0. The number of carbonyl (C=O) groups excluding carboxylic acids is 1. The summed E-state index contributed by atoms with van der Waals surface area (Å²) in [5.74, 6) is -0.576. The molecule has 9 heteroatoms. The minimum absolute atomic E-state index is 0.0256. The van der Waals surface area contributed by atoms with Crippen molar-refractivity contribution in [3.63, 3.8) is 0 Å². The quantitative estimate of drug-likeness (QED) is 0.290. The number of nitro benzene ring substituents is 1. The number of halogens is 3. The standard InChI is InChI=1S/C16H7BrCl2N2O4/c17-10-3-1-8(6-14(10)21(23)24)5-13-16(22)25-15(20-13)9-2-4-11(18)12(19)7-9/h1-7H/b13-5-. The Bertz CT molecular complexity index is 973. The molecule has 0 radical (unpaired) electrons. The highest BCUT2D eigenvalue weighted by atomic mass is 79.9. The van der Waals surface area contributed by atoms with Gasteiger partial charge < -0.3 is 4.74 Å². The Balaban J connectivity index is 1.97. The van der Waals surface area contributed by atoms with Crippen LogP contribution >= 0.6 is 39.1 Å². The van der Waals surface area contributed by atoms with E-state index in [0.717, 1.165) is 0 Å². The van der Waals surface area contributed by atoms with E-state index in [1.807, 2.05) is 0 Å². The van der Waals surface area contributed by atoms with Gasteiger partial charge in [-0.05, 0) is 51.8 Å². The zero-order valence-corrected chi connectivity index (χ0v) is 15.3. The van der Waals surface area contributed by atoms with Gasteiger partial charge in [-0.25, -0.2) is 9.79 Å². The number of hydrogen-bond donors (Lipinski definition) is 0. The van der Waals surface area contributed by atoms with Crippen molar-refractivity contribution in [3.8, 4) is 0 Å². The van der Waals surface area contributed by atoms with Gasteiger partial charge in [0.25, 0.3) is 5.69 Å². The van der Waals surface area contributed by atoms with Crippen LogP contribution in [0.15, 0.2) is 51.6 Å². The molecule has 2 aromatic carbocycles. The van der Waals surface area contributed by atoms with Crippen LogP contribution in [0.4, 0.5) is 5.69 Å². The second-order valence-electron chi connectivity index (χ2n) is 4.93. The molecule has 0 bridgehead atoms.